The maximum atomic E-state index is 13.3. The fourth-order valence-corrected chi connectivity index (χ4v) is 4.38. The van der Waals surface area contributed by atoms with Crippen molar-refractivity contribution in [1.29, 1.82) is 0 Å². The second-order valence-electron chi connectivity index (χ2n) is 6.84. The van der Waals surface area contributed by atoms with E-state index >= 15 is 0 Å². The quantitative estimate of drug-likeness (QED) is 0.670. The lowest BCUT2D eigenvalue weighted by atomic mass is 9.82. The van der Waals surface area contributed by atoms with Crippen molar-refractivity contribution in [3.63, 3.8) is 0 Å². The summed E-state index contributed by atoms with van der Waals surface area (Å²) >= 11 is 0. The molecule has 1 atom stereocenters. The molecule has 0 bridgehead atoms. The minimum atomic E-state index is -0.786. The molecule has 0 aliphatic carbocycles. The number of rotatable bonds is 0. The summed E-state index contributed by atoms with van der Waals surface area (Å²) < 4.78 is 0. The van der Waals surface area contributed by atoms with Gasteiger partial charge in [0.1, 0.15) is 0 Å². The van der Waals surface area contributed by atoms with Crippen LogP contribution in [-0.4, -0.2) is 24.5 Å². The van der Waals surface area contributed by atoms with Crippen LogP contribution in [0.25, 0.3) is 10.9 Å². The number of aromatic nitrogens is 1. The third kappa shape index (κ3) is 1.49. The number of carbonyl (C=O) groups is 1. The number of carbonyl (C=O) groups excluding carboxylic acids is 1. The number of hydrogen-bond acceptors (Lipinski definition) is 2. The van der Waals surface area contributed by atoms with E-state index < -0.39 is 5.54 Å². The highest BCUT2D eigenvalue weighted by molar-refractivity contribution is 6.10. The van der Waals surface area contributed by atoms with E-state index in [1.54, 1.807) is 4.90 Å². The number of benzene rings is 2. The van der Waals surface area contributed by atoms with E-state index in [0.717, 1.165) is 35.4 Å². The number of anilines is 1. The van der Waals surface area contributed by atoms with Gasteiger partial charge >= 0.3 is 0 Å². The van der Waals surface area contributed by atoms with Crippen molar-refractivity contribution < 1.29 is 4.79 Å². The number of hydrogen-bond donors (Lipinski definition) is 2. The van der Waals surface area contributed by atoms with Crippen LogP contribution in [0.15, 0.2) is 42.5 Å². The molecule has 3 aromatic rings. The van der Waals surface area contributed by atoms with Crippen LogP contribution in [0.5, 0.6) is 0 Å². The maximum Gasteiger partial charge on any atom is 0.257 e. The summed E-state index contributed by atoms with van der Waals surface area (Å²) in [6.07, 6.45) is 0.930. The lowest BCUT2D eigenvalue weighted by molar-refractivity contribution is -0.122. The second kappa shape index (κ2) is 4.48. The second-order valence-corrected chi connectivity index (χ2v) is 6.84. The number of H-pyrrole nitrogens is 1. The molecule has 2 N–H and O–H groups in total. The topological polar surface area (TPSA) is 48.1 Å². The van der Waals surface area contributed by atoms with Crippen molar-refractivity contribution in [1.82, 2.24) is 10.3 Å². The fraction of sp³-hybridized carbons (Fsp3) is 0.250. The Labute approximate surface area is 140 Å². The highest BCUT2D eigenvalue weighted by Crippen LogP contribution is 2.47. The molecule has 24 heavy (non-hydrogen) atoms. The fourth-order valence-electron chi connectivity index (χ4n) is 4.38. The number of nitrogens with zero attached hydrogens (tertiary/aromatic N) is 1. The summed E-state index contributed by atoms with van der Waals surface area (Å²) in [5, 5.41) is 4.78. The molecule has 2 aromatic carbocycles. The van der Waals surface area contributed by atoms with E-state index in [1.807, 2.05) is 25.2 Å². The highest BCUT2D eigenvalue weighted by Gasteiger charge is 2.54. The molecule has 120 valence electrons. The highest BCUT2D eigenvalue weighted by atomic mass is 16.2. The van der Waals surface area contributed by atoms with Crippen molar-refractivity contribution >= 4 is 22.5 Å². The van der Waals surface area contributed by atoms with Gasteiger partial charge < -0.3 is 9.88 Å². The third-order valence-electron chi connectivity index (χ3n) is 5.50. The Morgan fingerprint density at radius 1 is 1.17 bits per heavy atom. The van der Waals surface area contributed by atoms with Gasteiger partial charge in [-0.15, -0.1) is 0 Å². The van der Waals surface area contributed by atoms with Crippen molar-refractivity contribution in [2.75, 3.05) is 18.5 Å². The Morgan fingerprint density at radius 2 is 2.00 bits per heavy atom. The van der Waals surface area contributed by atoms with E-state index in [4.69, 9.17) is 0 Å². The van der Waals surface area contributed by atoms with Crippen molar-refractivity contribution in [3.8, 4) is 0 Å². The largest absolute Gasteiger partial charge is 0.356 e. The molecule has 1 aromatic heterocycles. The van der Waals surface area contributed by atoms with Gasteiger partial charge in [0, 0.05) is 35.7 Å². The van der Waals surface area contributed by atoms with Crippen LogP contribution in [0.4, 0.5) is 5.69 Å². The normalized spacial score (nSPS) is 22.2. The van der Waals surface area contributed by atoms with Gasteiger partial charge in [-0.1, -0.05) is 29.8 Å². The predicted octanol–water partition coefficient (Wildman–Crippen LogP) is 2.84. The molecular weight excluding hydrogens is 298 g/mol. The predicted molar refractivity (Wildman–Crippen MR) is 95.4 cm³/mol. The van der Waals surface area contributed by atoms with Gasteiger partial charge in [-0.3, -0.25) is 10.1 Å². The molecule has 1 spiro atoms. The van der Waals surface area contributed by atoms with Crippen LogP contribution < -0.4 is 10.2 Å². The van der Waals surface area contributed by atoms with Crippen LogP contribution >= 0.6 is 0 Å². The summed E-state index contributed by atoms with van der Waals surface area (Å²) in [4.78, 5) is 18.6. The molecule has 2 aliphatic heterocycles. The molecule has 4 heteroatoms. The zero-order valence-corrected chi connectivity index (χ0v) is 13.8. The van der Waals surface area contributed by atoms with Gasteiger partial charge in [-0.25, -0.2) is 0 Å². The van der Waals surface area contributed by atoms with Crippen molar-refractivity contribution in [2.45, 2.75) is 18.9 Å². The Balaban J connectivity index is 1.87. The average molecular weight is 317 g/mol. The standard InChI is InChI=1S/C20H19N3O/c1-12-7-8-16-14(11-12)13-9-10-21-20(18(13)22-16)15-5-3-4-6-17(15)23(2)19(20)24/h3-8,11,21-22H,9-10H2,1-2H3/t20-/m0/s1. The molecule has 0 unspecified atom stereocenters. The molecule has 4 nitrogen and oxygen atoms in total. The molecule has 3 heterocycles. The molecule has 0 fully saturated rings. The average Bonchev–Trinajstić information content (AvgIpc) is 3.07. The number of fused-ring (bicyclic) bond motifs is 6. The summed E-state index contributed by atoms with van der Waals surface area (Å²) in [6, 6.07) is 14.5. The van der Waals surface area contributed by atoms with Gasteiger partial charge in [-0.05, 0) is 37.1 Å². The third-order valence-corrected chi connectivity index (χ3v) is 5.50. The van der Waals surface area contributed by atoms with Gasteiger partial charge in [0.2, 0.25) is 0 Å². The first-order valence-electron chi connectivity index (χ1n) is 8.37. The van der Waals surface area contributed by atoms with Crippen LogP contribution in [0.2, 0.25) is 0 Å². The van der Waals surface area contributed by atoms with E-state index in [9.17, 15) is 4.79 Å². The Kier molecular flexibility index (Phi) is 2.58. The first kappa shape index (κ1) is 13.8. The van der Waals surface area contributed by atoms with E-state index in [-0.39, 0.29) is 5.91 Å². The Hall–Kier alpha value is -2.59. The molecule has 0 saturated heterocycles. The Morgan fingerprint density at radius 3 is 2.88 bits per heavy atom. The zero-order chi connectivity index (χ0) is 16.5. The minimum Gasteiger partial charge on any atom is -0.356 e. The van der Waals surface area contributed by atoms with E-state index in [2.05, 4.69) is 41.5 Å². The van der Waals surface area contributed by atoms with E-state index in [1.165, 1.54) is 16.5 Å². The van der Waals surface area contributed by atoms with Gasteiger partial charge in [-0.2, -0.15) is 0 Å². The number of aryl methyl sites for hydroxylation is 1. The molecule has 5 rings (SSSR count). The summed E-state index contributed by atoms with van der Waals surface area (Å²) in [5.74, 6) is 0.0907. The number of amides is 1. The minimum absolute atomic E-state index is 0.0907. The first-order valence-corrected chi connectivity index (χ1v) is 8.37. The van der Waals surface area contributed by atoms with Crippen LogP contribution in [0.3, 0.4) is 0 Å². The van der Waals surface area contributed by atoms with Crippen molar-refractivity contribution in [2.24, 2.45) is 0 Å². The first-order chi connectivity index (χ1) is 11.6. The van der Waals surface area contributed by atoms with Gasteiger partial charge in [0.25, 0.3) is 5.91 Å². The summed E-state index contributed by atoms with van der Waals surface area (Å²) in [7, 11) is 1.86. The lowest BCUT2D eigenvalue weighted by Gasteiger charge is -2.33. The molecule has 0 saturated carbocycles. The number of para-hydroxylation sites is 1. The van der Waals surface area contributed by atoms with Crippen LogP contribution in [-0.2, 0) is 16.8 Å². The lowest BCUT2D eigenvalue weighted by Crippen LogP contribution is -2.54. The van der Waals surface area contributed by atoms with Crippen LogP contribution in [0.1, 0.15) is 22.4 Å². The maximum absolute atomic E-state index is 13.3. The molecule has 1 amide bonds. The van der Waals surface area contributed by atoms with Gasteiger partial charge in [0.05, 0.1) is 5.69 Å². The SMILES string of the molecule is Cc1ccc2[nH]c3c(c2c1)CCN[C@]31C(=O)N(C)c2ccccc21. The number of aromatic amines is 1. The zero-order valence-electron chi connectivity index (χ0n) is 13.8. The van der Waals surface area contributed by atoms with E-state index in [0.29, 0.717) is 0 Å². The summed E-state index contributed by atoms with van der Waals surface area (Å²) in [6.45, 7) is 2.90. The monoisotopic (exact) mass is 317 g/mol. The number of nitrogens with one attached hydrogen (secondary N) is 2. The number of likely N-dealkylation sites (N-methyl/N-ethyl adjacent to an activating group) is 1. The molecular formula is C20H19N3O. The Bertz CT molecular complexity index is 1000. The molecule has 2 aliphatic rings. The van der Waals surface area contributed by atoms with Gasteiger partial charge in [0.15, 0.2) is 5.54 Å². The van der Waals surface area contributed by atoms with Crippen molar-refractivity contribution in [3.05, 3.63) is 64.8 Å². The molecule has 0 radical (unpaired) electrons. The van der Waals surface area contributed by atoms with Crippen LogP contribution in [0, 0.1) is 6.92 Å². The smallest absolute Gasteiger partial charge is 0.257 e. The summed E-state index contributed by atoms with van der Waals surface area (Å²) in [5.41, 5.74) is 5.87.